The first kappa shape index (κ1) is 19.4. The Morgan fingerprint density at radius 3 is 2.59 bits per heavy atom. The van der Waals surface area contributed by atoms with Crippen molar-refractivity contribution in [1.29, 1.82) is 0 Å². The van der Waals surface area contributed by atoms with Gasteiger partial charge < -0.3 is 24.4 Å². The number of rotatable bonds is 3. The first-order valence-corrected chi connectivity index (χ1v) is 9.13. The first-order chi connectivity index (χ1) is 13.5. The van der Waals surface area contributed by atoms with Crippen molar-refractivity contribution in [3.8, 4) is 5.75 Å². The number of carboxylic acid groups (broad SMARTS) is 1. The van der Waals surface area contributed by atoms with E-state index in [0.717, 1.165) is 17.4 Å². The second kappa shape index (κ2) is 6.53. The predicted molar refractivity (Wildman–Crippen MR) is 98.1 cm³/mol. The topological polar surface area (TPSA) is 68.7 Å². The molecule has 0 N–H and O–H groups in total. The molecule has 2 aliphatic heterocycles. The van der Waals surface area contributed by atoms with Gasteiger partial charge in [0.15, 0.2) is 0 Å². The van der Waals surface area contributed by atoms with Crippen molar-refractivity contribution in [1.82, 2.24) is 4.98 Å². The van der Waals surface area contributed by atoms with Gasteiger partial charge in [0, 0.05) is 42.4 Å². The third-order valence-corrected chi connectivity index (χ3v) is 5.07. The Labute approximate surface area is 165 Å². The quantitative estimate of drug-likeness (QED) is 0.781. The van der Waals surface area contributed by atoms with Crippen LogP contribution in [0.4, 0.5) is 30.2 Å². The number of hydrogen-bond donors (Lipinski definition) is 0. The number of ether oxygens (including phenoxy) is 1. The van der Waals surface area contributed by atoms with Crippen molar-refractivity contribution < 1.29 is 27.8 Å². The fourth-order valence-corrected chi connectivity index (χ4v) is 3.59. The molecule has 2 aliphatic rings. The van der Waals surface area contributed by atoms with E-state index < -0.39 is 29.4 Å². The molecular formula is C20H19F3N3O3-. The van der Waals surface area contributed by atoms with E-state index in [4.69, 9.17) is 4.74 Å². The summed E-state index contributed by atoms with van der Waals surface area (Å²) in [6.07, 6.45) is -3.38. The molecule has 154 valence electrons. The molecule has 2 aromatic rings. The molecule has 4 rings (SSSR count). The lowest BCUT2D eigenvalue weighted by Crippen LogP contribution is -2.54. The molecule has 0 bridgehead atoms. The van der Waals surface area contributed by atoms with Crippen LogP contribution in [0.1, 0.15) is 19.5 Å². The minimum Gasteiger partial charge on any atom is -0.550 e. The number of carbonyl (C=O) groups is 1. The standard InChI is InChI=1S/C20H20F3N3O3/c1-19(2)11-26(15-8-24-17(20(21,22)23)7-16(15)29-19)14-5-3-4-13(6-14)25-9-12(10-25)18(27)28/h3-8,12H,9-11H2,1-2H3,(H,27,28)/p-1. The lowest BCUT2D eigenvalue weighted by molar-refractivity contribution is -0.312. The number of hydrogen-bond acceptors (Lipinski definition) is 6. The zero-order valence-electron chi connectivity index (χ0n) is 15.9. The number of aliphatic carboxylic acids is 1. The molecule has 1 saturated heterocycles. The zero-order chi connectivity index (χ0) is 21.0. The van der Waals surface area contributed by atoms with Gasteiger partial charge in [-0.2, -0.15) is 13.2 Å². The van der Waals surface area contributed by atoms with Crippen LogP contribution in [0.2, 0.25) is 0 Å². The van der Waals surface area contributed by atoms with Gasteiger partial charge in [0.25, 0.3) is 0 Å². The zero-order valence-corrected chi connectivity index (χ0v) is 15.9. The number of anilines is 3. The minimum atomic E-state index is -4.56. The highest BCUT2D eigenvalue weighted by molar-refractivity contribution is 5.75. The number of pyridine rings is 1. The number of alkyl halides is 3. The van der Waals surface area contributed by atoms with Crippen LogP contribution in [0, 0.1) is 5.92 Å². The van der Waals surface area contributed by atoms with Gasteiger partial charge in [-0.1, -0.05) is 6.07 Å². The van der Waals surface area contributed by atoms with Crippen molar-refractivity contribution in [2.45, 2.75) is 25.6 Å². The lowest BCUT2D eigenvalue weighted by Gasteiger charge is -2.43. The van der Waals surface area contributed by atoms with E-state index in [1.54, 1.807) is 13.8 Å². The van der Waals surface area contributed by atoms with Crippen LogP contribution in [-0.4, -0.2) is 36.2 Å². The second-order valence-electron chi connectivity index (χ2n) is 7.92. The first-order valence-electron chi connectivity index (χ1n) is 9.13. The maximum atomic E-state index is 13.1. The summed E-state index contributed by atoms with van der Waals surface area (Å²) in [5, 5.41) is 10.9. The summed E-state index contributed by atoms with van der Waals surface area (Å²) in [7, 11) is 0. The summed E-state index contributed by atoms with van der Waals surface area (Å²) in [5.74, 6) is -1.44. The summed E-state index contributed by atoms with van der Waals surface area (Å²) in [5.41, 5.74) is 0.330. The van der Waals surface area contributed by atoms with Gasteiger partial charge in [-0.05, 0) is 32.0 Å². The SMILES string of the molecule is CC1(C)CN(c2cccc(N3CC(C(=O)[O-])C3)c2)c2cnc(C(F)(F)F)cc2O1. The van der Waals surface area contributed by atoms with Crippen molar-refractivity contribution in [2.24, 2.45) is 5.92 Å². The number of benzene rings is 1. The van der Waals surface area contributed by atoms with Gasteiger partial charge in [-0.15, -0.1) is 0 Å². The van der Waals surface area contributed by atoms with Crippen LogP contribution >= 0.6 is 0 Å². The van der Waals surface area contributed by atoms with Crippen LogP contribution in [-0.2, 0) is 11.0 Å². The molecule has 3 heterocycles. The number of carbonyl (C=O) groups excluding carboxylic acids is 1. The largest absolute Gasteiger partial charge is 0.550 e. The average molecular weight is 406 g/mol. The molecule has 0 amide bonds. The maximum absolute atomic E-state index is 13.1. The Hall–Kier alpha value is -2.97. The summed E-state index contributed by atoms with van der Waals surface area (Å²) in [4.78, 5) is 18.3. The summed E-state index contributed by atoms with van der Waals surface area (Å²) in [6, 6.07) is 8.35. The van der Waals surface area contributed by atoms with E-state index >= 15 is 0 Å². The van der Waals surface area contributed by atoms with Gasteiger partial charge in [0.1, 0.15) is 22.7 Å². The van der Waals surface area contributed by atoms with Gasteiger partial charge >= 0.3 is 6.18 Å². The van der Waals surface area contributed by atoms with Crippen LogP contribution in [0.15, 0.2) is 36.5 Å². The van der Waals surface area contributed by atoms with Gasteiger partial charge in [0.05, 0.1) is 12.7 Å². The fourth-order valence-electron chi connectivity index (χ4n) is 3.59. The Bertz CT molecular complexity index is 955. The van der Waals surface area contributed by atoms with Gasteiger partial charge in [-0.25, -0.2) is 4.98 Å². The molecule has 0 atom stereocenters. The fraction of sp³-hybridized carbons (Fsp3) is 0.400. The Morgan fingerprint density at radius 1 is 1.24 bits per heavy atom. The number of halogens is 3. The molecule has 0 radical (unpaired) electrons. The van der Waals surface area contributed by atoms with Crippen LogP contribution in [0.3, 0.4) is 0 Å². The third kappa shape index (κ3) is 3.68. The molecule has 1 aromatic carbocycles. The van der Waals surface area contributed by atoms with Crippen LogP contribution in [0.5, 0.6) is 5.75 Å². The maximum Gasteiger partial charge on any atom is 0.433 e. The Balaban J connectivity index is 1.67. The second-order valence-corrected chi connectivity index (χ2v) is 7.92. The molecule has 6 nitrogen and oxygen atoms in total. The monoisotopic (exact) mass is 406 g/mol. The Morgan fingerprint density at radius 2 is 1.93 bits per heavy atom. The van der Waals surface area contributed by atoms with Crippen molar-refractivity contribution in [3.05, 3.63) is 42.2 Å². The summed E-state index contributed by atoms with van der Waals surface area (Å²) < 4.78 is 45.0. The van der Waals surface area contributed by atoms with E-state index in [2.05, 4.69) is 4.98 Å². The van der Waals surface area contributed by atoms with Gasteiger partial charge in [-0.3, -0.25) is 0 Å². The molecule has 1 fully saturated rings. The summed E-state index contributed by atoms with van der Waals surface area (Å²) >= 11 is 0. The highest BCUT2D eigenvalue weighted by atomic mass is 19.4. The van der Waals surface area contributed by atoms with E-state index in [0.29, 0.717) is 25.3 Å². The molecular weight excluding hydrogens is 387 g/mol. The Kier molecular flexibility index (Phi) is 4.36. The van der Waals surface area contributed by atoms with Crippen molar-refractivity contribution in [3.63, 3.8) is 0 Å². The molecule has 0 spiro atoms. The molecule has 0 aliphatic carbocycles. The summed E-state index contributed by atoms with van der Waals surface area (Å²) in [6.45, 7) is 4.76. The molecule has 0 saturated carbocycles. The highest BCUT2D eigenvalue weighted by Crippen LogP contribution is 2.43. The van der Waals surface area contributed by atoms with Crippen molar-refractivity contribution >= 4 is 23.0 Å². The number of fused-ring (bicyclic) bond motifs is 1. The normalized spacial score (nSPS) is 18.7. The average Bonchev–Trinajstić information content (AvgIpc) is 2.57. The van der Waals surface area contributed by atoms with E-state index in [1.807, 2.05) is 34.1 Å². The minimum absolute atomic E-state index is 0.120. The number of carboxylic acids is 1. The van der Waals surface area contributed by atoms with E-state index in [-0.39, 0.29) is 5.75 Å². The molecule has 1 aromatic heterocycles. The highest BCUT2D eigenvalue weighted by Gasteiger charge is 2.38. The predicted octanol–water partition coefficient (Wildman–Crippen LogP) is 2.60. The lowest BCUT2D eigenvalue weighted by atomic mass is 9.99. The molecule has 0 unspecified atom stereocenters. The number of nitrogens with zero attached hydrogens (tertiary/aromatic N) is 3. The smallest absolute Gasteiger partial charge is 0.433 e. The number of aromatic nitrogens is 1. The van der Waals surface area contributed by atoms with Gasteiger partial charge in [0.2, 0.25) is 0 Å². The third-order valence-electron chi connectivity index (χ3n) is 5.07. The van der Waals surface area contributed by atoms with Crippen LogP contribution in [0.25, 0.3) is 0 Å². The van der Waals surface area contributed by atoms with Crippen LogP contribution < -0.4 is 19.6 Å². The van der Waals surface area contributed by atoms with Crippen molar-refractivity contribution in [2.75, 3.05) is 29.4 Å². The van der Waals surface area contributed by atoms with E-state index in [9.17, 15) is 23.1 Å². The van der Waals surface area contributed by atoms with E-state index in [1.165, 1.54) is 6.20 Å². The molecule has 9 heteroatoms. The molecule has 29 heavy (non-hydrogen) atoms.